The van der Waals surface area contributed by atoms with Gasteiger partial charge >= 0.3 is 0 Å². The molecule has 1 rings (SSSR count). The molecule has 3 nitrogen and oxygen atoms in total. The van der Waals surface area contributed by atoms with Gasteiger partial charge in [0.15, 0.2) is 0 Å². The fraction of sp³-hybridized carbons (Fsp3) is 1.00. The summed E-state index contributed by atoms with van der Waals surface area (Å²) < 4.78 is 0. The first-order valence-corrected chi connectivity index (χ1v) is 3.48. The predicted octanol–water partition coefficient (Wildman–Crippen LogP) is 0.0966. The summed E-state index contributed by atoms with van der Waals surface area (Å²) in [6.45, 7) is 0. The largest absolute Gasteiger partial charge is 0.328 e. The average Bonchev–Trinajstić information content (AvgIpc) is 1.94. The van der Waals surface area contributed by atoms with Crippen LogP contribution in [0, 0.1) is 0 Å². The van der Waals surface area contributed by atoms with E-state index in [1.165, 1.54) is 32.1 Å². The molecule has 56 valence electrons. The van der Waals surface area contributed by atoms with Crippen molar-refractivity contribution in [3.05, 3.63) is 0 Å². The van der Waals surface area contributed by atoms with E-state index >= 15 is 0 Å². The second-order valence-corrected chi connectivity index (χ2v) is 2.40. The molecule has 3 heteroatoms. The Labute approximate surface area is 56.6 Å². The topological polar surface area (TPSA) is 78.1 Å². The van der Waals surface area contributed by atoms with Crippen LogP contribution in [0.1, 0.15) is 32.1 Å². The molecule has 0 aliphatic heterocycles. The first-order valence-electron chi connectivity index (χ1n) is 3.48. The van der Waals surface area contributed by atoms with Gasteiger partial charge in [0.25, 0.3) is 0 Å². The van der Waals surface area contributed by atoms with Crippen LogP contribution < -0.4 is 17.4 Å². The van der Waals surface area contributed by atoms with Gasteiger partial charge < -0.3 is 5.73 Å². The molecular weight excluding hydrogens is 114 g/mol. The normalized spacial score (nSPS) is 20.3. The van der Waals surface area contributed by atoms with Crippen molar-refractivity contribution in [2.24, 2.45) is 17.4 Å². The van der Waals surface area contributed by atoms with E-state index in [4.69, 9.17) is 5.73 Å². The monoisotopic (exact) mass is 131 g/mol. The standard InChI is InChI=1S/C6H13N.H4N2/c7-6-4-2-1-3-5-6;1-2/h6H,1-5,7H2;1-2H2. The summed E-state index contributed by atoms with van der Waals surface area (Å²) in [5.74, 6) is 8.00. The Kier molecular flexibility index (Phi) is 5.93. The van der Waals surface area contributed by atoms with E-state index in [2.05, 4.69) is 11.7 Å². The van der Waals surface area contributed by atoms with Crippen LogP contribution in [0.25, 0.3) is 0 Å². The van der Waals surface area contributed by atoms with Crippen molar-refractivity contribution in [1.29, 1.82) is 0 Å². The maximum Gasteiger partial charge on any atom is 0.00388 e. The van der Waals surface area contributed by atoms with E-state index in [0.717, 1.165) is 0 Å². The van der Waals surface area contributed by atoms with Crippen LogP contribution >= 0.6 is 0 Å². The maximum atomic E-state index is 5.63. The minimum Gasteiger partial charge on any atom is -0.328 e. The Bertz CT molecular complexity index is 50.3. The lowest BCUT2D eigenvalue weighted by Crippen LogP contribution is -2.22. The number of hydrogen-bond acceptors (Lipinski definition) is 3. The molecule has 0 heterocycles. The van der Waals surface area contributed by atoms with E-state index in [0.29, 0.717) is 6.04 Å². The van der Waals surface area contributed by atoms with Gasteiger partial charge in [0.1, 0.15) is 0 Å². The van der Waals surface area contributed by atoms with Crippen molar-refractivity contribution < 1.29 is 0 Å². The van der Waals surface area contributed by atoms with Crippen LogP contribution in [0.4, 0.5) is 0 Å². The van der Waals surface area contributed by atoms with Crippen molar-refractivity contribution in [1.82, 2.24) is 0 Å². The first kappa shape index (κ1) is 8.88. The summed E-state index contributed by atoms with van der Waals surface area (Å²) in [4.78, 5) is 0. The highest BCUT2D eigenvalue weighted by Gasteiger charge is 2.06. The summed E-state index contributed by atoms with van der Waals surface area (Å²) in [6, 6.07) is 0.536. The van der Waals surface area contributed by atoms with Gasteiger partial charge in [0, 0.05) is 6.04 Å². The van der Waals surface area contributed by atoms with Gasteiger partial charge in [-0.05, 0) is 12.8 Å². The average molecular weight is 131 g/mol. The summed E-state index contributed by atoms with van der Waals surface area (Å²) in [5, 5.41) is 0. The lowest BCUT2D eigenvalue weighted by atomic mass is 9.97. The summed E-state index contributed by atoms with van der Waals surface area (Å²) >= 11 is 0. The molecule has 9 heavy (non-hydrogen) atoms. The van der Waals surface area contributed by atoms with E-state index in [1.807, 2.05) is 0 Å². The second-order valence-electron chi connectivity index (χ2n) is 2.40. The highest BCUT2D eigenvalue weighted by atomic mass is 15.0. The zero-order valence-electron chi connectivity index (χ0n) is 5.84. The van der Waals surface area contributed by atoms with Crippen LogP contribution in [0.2, 0.25) is 0 Å². The zero-order chi connectivity index (χ0) is 7.11. The zero-order valence-corrected chi connectivity index (χ0v) is 5.84. The predicted molar refractivity (Wildman–Crippen MR) is 39.4 cm³/mol. The minimum atomic E-state index is 0.536. The van der Waals surface area contributed by atoms with Crippen molar-refractivity contribution in [2.75, 3.05) is 0 Å². The smallest absolute Gasteiger partial charge is 0.00388 e. The van der Waals surface area contributed by atoms with Crippen molar-refractivity contribution in [2.45, 2.75) is 38.1 Å². The van der Waals surface area contributed by atoms with E-state index < -0.39 is 0 Å². The van der Waals surface area contributed by atoms with E-state index in [9.17, 15) is 0 Å². The fourth-order valence-corrected chi connectivity index (χ4v) is 1.13. The van der Waals surface area contributed by atoms with Crippen LogP contribution in [0.15, 0.2) is 0 Å². The lowest BCUT2D eigenvalue weighted by Gasteiger charge is -2.15. The highest BCUT2D eigenvalue weighted by Crippen LogP contribution is 2.14. The molecule has 0 radical (unpaired) electrons. The van der Waals surface area contributed by atoms with E-state index in [-0.39, 0.29) is 0 Å². The molecule has 6 N–H and O–H groups in total. The van der Waals surface area contributed by atoms with Gasteiger partial charge in [0.05, 0.1) is 0 Å². The Morgan fingerprint density at radius 2 is 1.33 bits per heavy atom. The second kappa shape index (κ2) is 6.01. The molecule has 0 amide bonds. The third-order valence-corrected chi connectivity index (χ3v) is 1.65. The van der Waals surface area contributed by atoms with E-state index in [1.54, 1.807) is 0 Å². The van der Waals surface area contributed by atoms with Gasteiger partial charge in [-0.2, -0.15) is 0 Å². The van der Waals surface area contributed by atoms with Crippen molar-refractivity contribution in [3.63, 3.8) is 0 Å². The quantitative estimate of drug-likeness (QED) is 0.322. The first-order chi connectivity index (χ1) is 4.39. The molecule has 0 spiro atoms. The lowest BCUT2D eigenvalue weighted by molar-refractivity contribution is 0.441. The molecule has 0 saturated heterocycles. The van der Waals surface area contributed by atoms with Gasteiger partial charge in [-0.3, -0.25) is 11.7 Å². The van der Waals surface area contributed by atoms with Crippen LogP contribution in [0.5, 0.6) is 0 Å². The fourth-order valence-electron chi connectivity index (χ4n) is 1.13. The molecule has 1 fully saturated rings. The maximum absolute atomic E-state index is 5.63. The Morgan fingerprint density at radius 1 is 0.889 bits per heavy atom. The minimum absolute atomic E-state index is 0.536. The molecule has 1 aliphatic rings. The summed E-state index contributed by atoms with van der Waals surface area (Å²) in [6.07, 6.45) is 6.66. The number of hydrazine groups is 1. The third-order valence-electron chi connectivity index (χ3n) is 1.65. The molecule has 0 aromatic heterocycles. The number of hydrogen-bond donors (Lipinski definition) is 3. The highest BCUT2D eigenvalue weighted by molar-refractivity contribution is 4.66. The molecule has 1 aliphatic carbocycles. The van der Waals surface area contributed by atoms with Crippen LogP contribution in [-0.2, 0) is 0 Å². The van der Waals surface area contributed by atoms with Gasteiger partial charge in [-0.15, -0.1) is 0 Å². The molecule has 0 atom stereocenters. The number of rotatable bonds is 0. The molecule has 1 saturated carbocycles. The molecule has 0 unspecified atom stereocenters. The summed E-state index contributed by atoms with van der Waals surface area (Å²) in [7, 11) is 0. The Balaban J connectivity index is 0.000000291. The van der Waals surface area contributed by atoms with Gasteiger partial charge in [0.2, 0.25) is 0 Å². The van der Waals surface area contributed by atoms with Gasteiger partial charge in [-0.25, -0.2) is 0 Å². The summed E-state index contributed by atoms with van der Waals surface area (Å²) in [5.41, 5.74) is 5.63. The molecule has 0 aromatic carbocycles. The molecule has 0 bridgehead atoms. The molecular formula is C6H17N3. The molecule has 0 aromatic rings. The Morgan fingerprint density at radius 3 is 1.56 bits per heavy atom. The number of nitrogens with two attached hydrogens (primary N) is 3. The van der Waals surface area contributed by atoms with Crippen molar-refractivity contribution in [3.8, 4) is 0 Å². The SMILES string of the molecule is NC1CCCCC1.NN. The van der Waals surface area contributed by atoms with Crippen LogP contribution in [-0.4, -0.2) is 6.04 Å². The van der Waals surface area contributed by atoms with Crippen LogP contribution in [0.3, 0.4) is 0 Å². The van der Waals surface area contributed by atoms with Gasteiger partial charge in [-0.1, -0.05) is 19.3 Å². The Hall–Kier alpha value is -0.120. The third kappa shape index (κ3) is 4.39. The van der Waals surface area contributed by atoms with Crippen molar-refractivity contribution >= 4 is 0 Å².